The summed E-state index contributed by atoms with van der Waals surface area (Å²) in [5, 5.41) is 0. The first-order valence-corrected chi connectivity index (χ1v) is 9.39. The Morgan fingerprint density at radius 3 is 2.42 bits per heavy atom. The van der Waals surface area contributed by atoms with E-state index in [1.807, 2.05) is 6.92 Å². The zero-order valence-electron chi connectivity index (χ0n) is 15.0. The van der Waals surface area contributed by atoms with E-state index in [0.29, 0.717) is 32.3 Å². The van der Waals surface area contributed by atoms with Crippen molar-refractivity contribution in [2.75, 3.05) is 52.5 Å². The molecule has 0 radical (unpaired) electrons. The van der Waals surface area contributed by atoms with Gasteiger partial charge in [-0.2, -0.15) is 0 Å². The van der Waals surface area contributed by atoms with Crippen molar-refractivity contribution in [3.8, 4) is 0 Å². The third-order valence-corrected chi connectivity index (χ3v) is 5.15. The summed E-state index contributed by atoms with van der Waals surface area (Å²) in [6, 6.07) is 0.653. The van der Waals surface area contributed by atoms with Crippen molar-refractivity contribution < 1.29 is 19.1 Å². The second-order valence-electron chi connectivity index (χ2n) is 6.70. The maximum Gasteiger partial charge on any atom is 0.309 e. The number of likely N-dealkylation sites (tertiary alicyclic amines) is 2. The quantitative estimate of drug-likeness (QED) is 0.359. The Balaban J connectivity index is 1.59. The van der Waals surface area contributed by atoms with Gasteiger partial charge in [-0.15, -0.1) is 0 Å². The van der Waals surface area contributed by atoms with E-state index < -0.39 is 0 Å². The maximum atomic E-state index is 11.8. The number of ether oxygens (including phenoxy) is 2. The summed E-state index contributed by atoms with van der Waals surface area (Å²) in [4.78, 5) is 27.0. The molecule has 0 amide bonds. The molecule has 2 aliphatic rings. The highest BCUT2D eigenvalue weighted by Crippen LogP contribution is 2.24. The van der Waals surface area contributed by atoms with Gasteiger partial charge in [-0.3, -0.25) is 4.79 Å². The van der Waals surface area contributed by atoms with Gasteiger partial charge < -0.3 is 24.1 Å². The molecule has 2 rings (SSSR count). The van der Waals surface area contributed by atoms with Crippen LogP contribution in [0, 0.1) is 5.92 Å². The Bertz CT molecular complexity index is 375. The SMILES string of the molecule is CCOC(=O)C1CCN(C2CCN(CCOCCC=O)CC2)CC1. The number of esters is 1. The summed E-state index contributed by atoms with van der Waals surface area (Å²) in [5.74, 6) is 0.0892. The third-order valence-electron chi connectivity index (χ3n) is 5.15. The Hall–Kier alpha value is -0.980. The third kappa shape index (κ3) is 6.15. The van der Waals surface area contributed by atoms with Crippen molar-refractivity contribution in [2.45, 2.75) is 45.1 Å². The van der Waals surface area contributed by atoms with Gasteiger partial charge in [0.15, 0.2) is 0 Å². The zero-order chi connectivity index (χ0) is 17.2. The molecule has 0 aromatic carbocycles. The van der Waals surface area contributed by atoms with Crippen LogP contribution in [0.1, 0.15) is 39.0 Å². The van der Waals surface area contributed by atoms with Crippen LogP contribution in [0.2, 0.25) is 0 Å². The first kappa shape index (κ1) is 19.3. The number of carbonyl (C=O) groups excluding carboxylic acids is 2. The lowest BCUT2D eigenvalue weighted by molar-refractivity contribution is -0.149. The van der Waals surface area contributed by atoms with E-state index in [-0.39, 0.29) is 11.9 Å². The Labute approximate surface area is 145 Å². The van der Waals surface area contributed by atoms with Crippen LogP contribution in [-0.2, 0) is 19.1 Å². The maximum absolute atomic E-state index is 11.8. The predicted octanol–water partition coefficient (Wildman–Crippen LogP) is 1.33. The number of nitrogens with zero attached hydrogens (tertiary/aromatic N) is 2. The molecule has 0 spiro atoms. The molecule has 6 nitrogen and oxygen atoms in total. The lowest BCUT2D eigenvalue weighted by atomic mass is 9.93. The fourth-order valence-electron chi connectivity index (χ4n) is 3.70. The van der Waals surface area contributed by atoms with Crippen LogP contribution in [0.25, 0.3) is 0 Å². The van der Waals surface area contributed by atoms with E-state index >= 15 is 0 Å². The topological polar surface area (TPSA) is 59.1 Å². The van der Waals surface area contributed by atoms with Gasteiger partial charge in [-0.05, 0) is 58.8 Å². The first-order valence-electron chi connectivity index (χ1n) is 9.39. The van der Waals surface area contributed by atoms with Crippen molar-refractivity contribution in [3.63, 3.8) is 0 Å². The summed E-state index contributed by atoms with van der Waals surface area (Å²) >= 11 is 0. The fourth-order valence-corrected chi connectivity index (χ4v) is 3.70. The standard InChI is InChI=1S/C18H32N2O4/c1-2-24-18(22)16-4-10-20(11-5-16)17-6-8-19(9-7-17)12-15-23-14-3-13-21/h13,16-17H,2-12,14-15H2,1H3. The molecule has 0 bridgehead atoms. The van der Waals surface area contributed by atoms with E-state index in [1.54, 1.807) is 0 Å². The van der Waals surface area contributed by atoms with Crippen molar-refractivity contribution >= 4 is 12.3 Å². The van der Waals surface area contributed by atoms with Gasteiger partial charge in [0.25, 0.3) is 0 Å². The minimum Gasteiger partial charge on any atom is -0.466 e. The lowest BCUT2D eigenvalue weighted by Crippen LogP contribution is -2.48. The van der Waals surface area contributed by atoms with Gasteiger partial charge in [-0.25, -0.2) is 0 Å². The lowest BCUT2D eigenvalue weighted by Gasteiger charge is -2.41. The highest BCUT2D eigenvalue weighted by atomic mass is 16.5. The summed E-state index contributed by atoms with van der Waals surface area (Å²) in [6.45, 7) is 8.81. The van der Waals surface area contributed by atoms with Gasteiger partial charge in [0.1, 0.15) is 6.29 Å². The zero-order valence-corrected chi connectivity index (χ0v) is 15.0. The van der Waals surface area contributed by atoms with Crippen LogP contribution < -0.4 is 0 Å². The molecular weight excluding hydrogens is 308 g/mol. The number of hydrogen-bond acceptors (Lipinski definition) is 6. The normalized spacial score (nSPS) is 21.7. The van der Waals surface area contributed by atoms with Gasteiger partial charge in [0.05, 0.1) is 25.7 Å². The van der Waals surface area contributed by atoms with Crippen LogP contribution in [0.15, 0.2) is 0 Å². The minimum absolute atomic E-state index is 0.0125. The monoisotopic (exact) mass is 340 g/mol. The molecule has 0 saturated carbocycles. The van der Waals surface area contributed by atoms with E-state index in [1.165, 1.54) is 12.8 Å². The van der Waals surface area contributed by atoms with Gasteiger partial charge in [0, 0.05) is 19.0 Å². The summed E-state index contributed by atoms with van der Waals surface area (Å²) < 4.78 is 10.6. The molecule has 0 N–H and O–H groups in total. The van der Waals surface area contributed by atoms with Crippen molar-refractivity contribution in [1.82, 2.24) is 9.80 Å². The minimum atomic E-state index is -0.0125. The molecule has 0 atom stereocenters. The second-order valence-corrected chi connectivity index (χ2v) is 6.70. The average Bonchev–Trinajstić information content (AvgIpc) is 2.62. The molecule has 0 aromatic rings. The molecule has 0 aromatic heterocycles. The molecule has 138 valence electrons. The van der Waals surface area contributed by atoms with E-state index in [0.717, 1.165) is 51.9 Å². The number of piperidine rings is 2. The van der Waals surface area contributed by atoms with Crippen LogP contribution >= 0.6 is 0 Å². The smallest absolute Gasteiger partial charge is 0.309 e. The molecule has 24 heavy (non-hydrogen) atoms. The second kappa shape index (κ2) is 10.8. The Morgan fingerprint density at radius 2 is 1.79 bits per heavy atom. The molecule has 6 heteroatoms. The Kier molecular flexibility index (Phi) is 8.70. The van der Waals surface area contributed by atoms with E-state index in [2.05, 4.69) is 9.80 Å². The van der Waals surface area contributed by atoms with E-state index in [9.17, 15) is 9.59 Å². The number of aldehydes is 1. The van der Waals surface area contributed by atoms with Gasteiger partial charge >= 0.3 is 5.97 Å². The first-order chi connectivity index (χ1) is 11.7. The summed E-state index contributed by atoms with van der Waals surface area (Å²) in [5.41, 5.74) is 0. The summed E-state index contributed by atoms with van der Waals surface area (Å²) in [6.07, 6.45) is 5.64. The van der Waals surface area contributed by atoms with Crippen molar-refractivity contribution in [1.29, 1.82) is 0 Å². The predicted molar refractivity (Wildman–Crippen MR) is 91.9 cm³/mol. The molecule has 2 heterocycles. The van der Waals surface area contributed by atoms with E-state index in [4.69, 9.17) is 9.47 Å². The van der Waals surface area contributed by atoms with Crippen LogP contribution in [0.4, 0.5) is 0 Å². The summed E-state index contributed by atoms with van der Waals surface area (Å²) in [7, 11) is 0. The van der Waals surface area contributed by atoms with Crippen molar-refractivity contribution in [3.05, 3.63) is 0 Å². The molecule has 0 aliphatic carbocycles. The molecular formula is C18H32N2O4. The van der Waals surface area contributed by atoms with Crippen LogP contribution in [-0.4, -0.2) is 80.6 Å². The Morgan fingerprint density at radius 1 is 1.08 bits per heavy atom. The average molecular weight is 340 g/mol. The van der Waals surface area contributed by atoms with Crippen molar-refractivity contribution in [2.24, 2.45) is 5.92 Å². The van der Waals surface area contributed by atoms with Crippen LogP contribution in [0.5, 0.6) is 0 Å². The van der Waals surface area contributed by atoms with Gasteiger partial charge in [-0.1, -0.05) is 0 Å². The highest BCUT2D eigenvalue weighted by Gasteiger charge is 2.31. The number of carbonyl (C=O) groups is 2. The highest BCUT2D eigenvalue weighted by molar-refractivity contribution is 5.72. The molecule has 2 saturated heterocycles. The molecule has 2 aliphatic heterocycles. The van der Waals surface area contributed by atoms with Crippen LogP contribution in [0.3, 0.4) is 0 Å². The number of hydrogen-bond donors (Lipinski definition) is 0. The molecule has 2 fully saturated rings. The van der Waals surface area contributed by atoms with Gasteiger partial charge in [0.2, 0.25) is 0 Å². The fraction of sp³-hybridized carbons (Fsp3) is 0.889. The number of rotatable bonds is 9. The largest absolute Gasteiger partial charge is 0.466 e. The molecule has 0 unspecified atom stereocenters.